The molecule has 3 unspecified atom stereocenters. The molecule has 0 amide bonds. The number of rotatable bonds is 0. The fourth-order valence-corrected chi connectivity index (χ4v) is 2.75. The zero-order valence-electron chi connectivity index (χ0n) is 7.35. The number of hydrogen-bond acceptors (Lipinski definition) is 2. The van der Waals surface area contributed by atoms with Gasteiger partial charge in [0.1, 0.15) is 0 Å². The van der Waals surface area contributed by atoms with Gasteiger partial charge in [-0.3, -0.25) is 0 Å². The number of halogens is 1. The Labute approximate surface area is 79.1 Å². The predicted octanol–water partition coefficient (Wildman–Crippen LogP) is 1.16. The van der Waals surface area contributed by atoms with Gasteiger partial charge in [-0.05, 0) is 44.2 Å². The second kappa shape index (κ2) is 3.95. The van der Waals surface area contributed by atoms with Gasteiger partial charge in [0.25, 0.3) is 0 Å². The van der Waals surface area contributed by atoms with E-state index in [1.54, 1.807) is 0 Å². The minimum Gasteiger partial charge on any atom is -0.304 e. The topological polar surface area (TPSA) is 24.1 Å². The van der Waals surface area contributed by atoms with E-state index in [4.69, 9.17) is 11.6 Å². The minimum atomic E-state index is 0.436. The van der Waals surface area contributed by atoms with Crippen LogP contribution < -0.4 is 10.6 Å². The minimum absolute atomic E-state index is 0.436. The van der Waals surface area contributed by atoms with E-state index in [1.807, 2.05) is 0 Å². The monoisotopic (exact) mass is 188 g/mol. The Hall–Kier alpha value is 0.210. The maximum atomic E-state index is 6.14. The molecule has 12 heavy (non-hydrogen) atoms. The summed E-state index contributed by atoms with van der Waals surface area (Å²) in [6.07, 6.45) is 3.73. The van der Waals surface area contributed by atoms with Gasteiger partial charge in [0.15, 0.2) is 0 Å². The van der Waals surface area contributed by atoms with Crippen molar-refractivity contribution in [2.45, 2.75) is 24.6 Å². The molecule has 0 aromatic heterocycles. The van der Waals surface area contributed by atoms with Crippen molar-refractivity contribution in [1.82, 2.24) is 10.6 Å². The van der Waals surface area contributed by atoms with Crippen LogP contribution in [-0.4, -0.2) is 25.1 Å². The third-order valence-corrected chi connectivity index (χ3v) is 3.54. The average molecular weight is 189 g/mol. The van der Waals surface area contributed by atoms with E-state index in [1.165, 1.54) is 25.8 Å². The van der Waals surface area contributed by atoms with Crippen molar-refractivity contribution < 1.29 is 0 Å². The highest BCUT2D eigenvalue weighted by Crippen LogP contribution is 2.32. The molecule has 1 aliphatic heterocycles. The van der Waals surface area contributed by atoms with Crippen molar-refractivity contribution in [1.29, 1.82) is 0 Å². The van der Waals surface area contributed by atoms with Crippen LogP contribution in [0.25, 0.3) is 0 Å². The fourth-order valence-electron chi connectivity index (χ4n) is 2.39. The molecule has 3 heteroatoms. The molecule has 0 bridgehead atoms. The third kappa shape index (κ3) is 1.93. The lowest BCUT2D eigenvalue weighted by molar-refractivity contribution is 0.251. The highest BCUT2D eigenvalue weighted by atomic mass is 35.5. The smallest absolute Gasteiger partial charge is 0.0454 e. The summed E-state index contributed by atoms with van der Waals surface area (Å²) >= 11 is 6.14. The average Bonchev–Trinajstić information content (AvgIpc) is 2.28. The molecule has 2 nitrogen and oxygen atoms in total. The van der Waals surface area contributed by atoms with E-state index < -0.39 is 0 Å². The van der Waals surface area contributed by atoms with Gasteiger partial charge in [0.2, 0.25) is 0 Å². The molecule has 2 rings (SSSR count). The molecule has 2 aliphatic rings. The summed E-state index contributed by atoms with van der Waals surface area (Å²) in [5.74, 6) is 1.69. The van der Waals surface area contributed by atoms with Gasteiger partial charge < -0.3 is 10.6 Å². The van der Waals surface area contributed by atoms with Crippen molar-refractivity contribution in [3.05, 3.63) is 0 Å². The first-order valence-corrected chi connectivity index (χ1v) is 5.35. The zero-order chi connectivity index (χ0) is 8.39. The van der Waals surface area contributed by atoms with Crippen LogP contribution in [0.1, 0.15) is 19.3 Å². The zero-order valence-corrected chi connectivity index (χ0v) is 8.11. The summed E-state index contributed by atoms with van der Waals surface area (Å²) in [4.78, 5) is 0. The van der Waals surface area contributed by atoms with E-state index in [2.05, 4.69) is 10.6 Å². The molecule has 1 saturated heterocycles. The van der Waals surface area contributed by atoms with E-state index in [9.17, 15) is 0 Å². The van der Waals surface area contributed by atoms with Gasteiger partial charge in [0.05, 0.1) is 0 Å². The Morgan fingerprint density at radius 3 is 2.58 bits per heavy atom. The molecule has 1 aliphatic carbocycles. The van der Waals surface area contributed by atoms with Crippen LogP contribution in [0.15, 0.2) is 0 Å². The standard InChI is InChI=1S/C9H17ClN2/c10-9-2-1-7-4-11-6-12-5-8(7)3-9/h7-9,11-12H,1-6H2. The second-order valence-electron chi connectivity index (χ2n) is 4.02. The van der Waals surface area contributed by atoms with Crippen molar-refractivity contribution in [2.24, 2.45) is 11.8 Å². The van der Waals surface area contributed by atoms with Crippen LogP contribution >= 0.6 is 11.6 Å². The first-order chi connectivity index (χ1) is 5.86. The highest BCUT2D eigenvalue weighted by molar-refractivity contribution is 6.20. The number of alkyl halides is 1. The van der Waals surface area contributed by atoms with Crippen molar-refractivity contribution in [3.63, 3.8) is 0 Å². The third-order valence-electron chi connectivity index (χ3n) is 3.14. The molecule has 0 spiro atoms. The lowest BCUT2D eigenvalue weighted by Gasteiger charge is -2.32. The predicted molar refractivity (Wildman–Crippen MR) is 51.3 cm³/mol. The first kappa shape index (κ1) is 8.79. The summed E-state index contributed by atoms with van der Waals surface area (Å²) in [7, 11) is 0. The summed E-state index contributed by atoms with van der Waals surface area (Å²) in [6.45, 7) is 3.31. The molecule has 70 valence electrons. The molecule has 1 heterocycles. The molecule has 0 aromatic rings. The molecule has 2 N–H and O–H groups in total. The van der Waals surface area contributed by atoms with Crippen LogP contribution in [-0.2, 0) is 0 Å². The van der Waals surface area contributed by atoms with Gasteiger partial charge in [-0.1, -0.05) is 0 Å². The normalized spacial score (nSPS) is 43.2. The first-order valence-electron chi connectivity index (χ1n) is 4.92. The van der Waals surface area contributed by atoms with Crippen LogP contribution in [0.3, 0.4) is 0 Å². The van der Waals surface area contributed by atoms with Crippen LogP contribution in [0.2, 0.25) is 0 Å². The lowest BCUT2D eigenvalue weighted by Crippen LogP contribution is -2.32. The Kier molecular flexibility index (Phi) is 2.89. The van der Waals surface area contributed by atoms with Crippen molar-refractivity contribution in [3.8, 4) is 0 Å². The number of nitrogens with one attached hydrogen (secondary N) is 2. The van der Waals surface area contributed by atoms with Crippen LogP contribution in [0.5, 0.6) is 0 Å². The molecular formula is C9H17ClN2. The lowest BCUT2D eigenvalue weighted by atomic mass is 9.79. The van der Waals surface area contributed by atoms with Crippen molar-refractivity contribution >= 4 is 11.6 Å². The van der Waals surface area contributed by atoms with Crippen LogP contribution in [0.4, 0.5) is 0 Å². The van der Waals surface area contributed by atoms with Crippen LogP contribution in [0, 0.1) is 11.8 Å². The Balaban J connectivity index is 1.94. The van der Waals surface area contributed by atoms with E-state index in [0.29, 0.717) is 5.38 Å². The van der Waals surface area contributed by atoms with Gasteiger partial charge in [0, 0.05) is 12.0 Å². The molecule has 1 saturated carbocycles. The van der Waals surface area contributed by atoms with Gasteiger partial charge in [-0.25, -0.2) is 0 Å². The maximum Gasteiger partial charge on any atom is 0.0454 e. The van der Waals surface area contributed by atoms with E-state index >= 15 is 0 Å². The highest BCUT2D eigenvalue weighted by Gasteiger charge is 2.29. The van der Waals surface area contributed by atoms with E-state index in [0.717, 1.165) is 25.0 Å². The molecule has 3 atom stereocenters. The summed E-state index contributed by atoms with van der Waals surface area (Å²) in [5, 5.41) is 7.24. The van der Waals surface area contributed by atoms with Gasteiger partial charge in [-0.2, -0.15) is 0 Å². The van der Waals surface area contributed by atoms with Crippen molar-refractivity contribution in [2.75, 3.05) is 19.8 Å². The molecule has 0 radical (unpaired) electrons. The van der Waals surface area contributed by atoms with E-state index in [-0.39, 0.29) is 0 Å². The summed E-state index contributed by atoms with van der Waals surface area (Å²) in [6, 6.07) is 0. The largest absolute Gasteiger partial charge is 0.304 e. The second-order valence-corrected chi connectivity index (χ2v) is 4.63. The summed E-state index contributed by atoms with van der Waals surface area (Å²) in [5.41, 5.74) is 0. The fraction of sp³-hybridized carbons (Fsp3) is 1.00. The van der Waals surface area contributed by atoms with Gasteiger partial charge >= 0.3 is 0 Å². The number of hydrogen-bond donors (Lipinski definition) is 2. The molecule has 0 aromatic carbocycles. The molecular weight excluding hydrogens is 172 g/mol. The summed E-state index contributed by atoms with van der Waals surface area (Å²) < 4.78 is 0. The Morgan fingerprint density at radius 2 is 1.75 bits per heavy atom. The van der Waals surface area contributed by atoms with Gasteiger partial charge in [-0.15, -0.1) is 11.6 Å². The Morgan fingerprint density at radius 1 is 1.00 bits per heavy atom. The quantitative estimate of drug-likeness (QED) is 0.558. The Bertz CT molecular complexity index is 151. The molecule has 2 fully saturated rings. The maximum absolute atomic E-state index is 6.14. The SMILES string of the molecule is ClC1CCC2CNCNCC2C1. The number of fused-ring (bicyclic) bond motifs is 1.